The van der Waals surface area contributed by atoms with E-state index in [1.165, 1.54) is 7.11 Å². The van der Waals surface area contributed by atoms with E-state index in [2.05, 4.69) is 5.32 Å². The number of benzene rings is 2. The largest absolute Gasteiger partial charge is 0.496 e. The predicted octanol–water partition coefficient (Wildman–Crippen LogP) is 4.32. The Balaban J connectivity index is 1.93. The van der Waals surface area contributed by atoms with Crippen LogP contribution in [0, 0.1) is 0 Å². The lowest BCUT2D eigenvalue weighted by molar-refractivity contribution is 0.102. The molecule has 1 aliphatic heterocycles. The number of amides is 1. The highest BCUT2D eigenvalue weighted by Gasteiger charge is 2.23. The van der Waals surface area contributed by atoms with Crippen LogP contribution in [0.3, 0.4) is 0 Å². The highest BCUT2D eigenvalue weighted by Crippen LogP contribution is 2.38. The Morgan fingerprint density at radius 2 is 2.12 bits per heavy atom. The van der Waals surface area contributed by atoms with Crippen LogP contribution in [0.5, 0.6) is 17.2 Å². The second kappa shape index (κ2) is 7.23. The normalized spacial score (nSPS) is 15.3. The Morgan fingerprint density at radius 1 is 1.32 bits per heavy atom. The van der Waals surface area contributed by atoms with Gasteiger partial charge in [0.15, 0.2) is 0 Å². The molecule has 1 atom stereocenters. The zero-order valence-corrected chi connectivity index (χ0v) is 15.1. The summed E-state index contributed by atoms with van der Waals surface area (Å²) in [6, 6.07) is 8.63. The maximum Gasteiger partial charge on any atom is 0.259 e. The zero-order valence-electron chi connectivity index (χ0n) is 14.4. The lowest BCUT2D eigenvalue weighted by Gasteiger charge is -2.15. The minimum atomic E-state index is -0.328. The number of hydrogen-bond acceptors (Lipinski definition) is 4. The third kappa shape index (κ3) is 3.66. The van der Waals surface area contributed by atoms with E-state index < -0.39 is 0 Å². The molecule has 0 fully saturated rings. The van der Waals surface area contributed by atoms with E-state index in [1.54, 1.807) is 24.3 Å². The van der Waals surface area contributed by atoms with E-state index in [9.17, 15) is 4.79 Å². The summed E-state index contributed by atoms with van der Waals surface area (Å²) in [6.45, 7) is 4.41. The molecule has 0 unspecified atom stereocenters. The molecule has 0 bridgehead atoms. The van der Waals surface area contributed by atoms with Gasteiger partial charge in [-0.2, -0.15) is 0 Å². The summed E-state index contributed by atoms with van der Waals surface area (Å²) in [7, 11) is 1.51. The van der Waals surface area contributed by atoms with E-state index in [0.29, 0.717) is 34.4 Å². The van der Waals surface area contributed by atoms with Crippen molar-refractivity contribution in [1.82, 2.24) is 0 Å². The lowest BCUT2D eigenvalue weighted by Crippen LogP contribution is -2.14. The fourth-order valence-electron chi connectivity index (χ4n) is 2.86. The van der Waals surface area contributed by atoms with Crippen molar-refractivity contribution in [2.45, 2.75) is 26.4 Å². The first kappa shape index (κ1) is 17.4. The Bertz CT molecular complexity index is 806. The summed E-state index contributed by atoms with van der Waals surface area (Å²) < 4.78 is 16.7. The number of hydrogen-bond donors (Lipinski definition) is 1. The molecule has 0 saturated carbocycles. The Kier molecular flexibility index (Phi) is 5.04. The number of rotatable bonds is 5. The number of ether oxygens (including phenoxy) is 3. The summed E-state index contributed by atoms with van der Waals surface area (Å²) >= 11 is 6.01. The minimum Gasteiger partial charge on any atom is -0.496 e. The van der Waals surface area contributed by atoms with Crippen LogP contribution in [0.4, 0.5) is 5.69 Å². The average molecular weight is 362 g/mol. The predicted molar refractivity (Wildman–Crippen MR) is 97.4 cm³/mol. The first-order valence-corrected chi connectivity index (χ1v) is 8.51. The van der Waals surface area contributed by atoms with Gasteiger partial charge in [0.2, 0.25) is 0 Å². The molecule has 0 radical (unpaired) electrons. The van der Waals surface area contributed by atoms with Crippen LogP contribution in [-0.2, 0) is 6.42 Å². The first-order valence-electron chi connectivity index (χ1n) is 8.13. The molecule has 25 heavy (non-hydrogen) atoms. The van der Waals surface area contributed by atoms with Gasteiger partial charge in [0.25, 0.3) is 5.91 Å². The van der Waals surface area contributed by atoms with Gasteiger partial charge in [-0.3, -0.25) is 4.79 Å². The second-order valence-electron chi connectivity index (χ2n) is 5.82. The minimum absolute atomic E-state index is 0.114. The van der Waals surface area contributed by atoms with E-state index in [4.69, 9.17) is 25.8 Å². The molecule has 3 rings (SSSR count). The van der Waals surface area contributed by atoms with E-state index in [-0.39, 0.29) is 12.0 Å². The molecular weight excluding hydrogens is 342 g/mol. The van der Waals surface area contributed by atoms with Crippen LogP contribution < -0.4 is 19.5 Å². The van der Waals surface area contributed by atoms with Crippen molar-refractivity contribution in [1.29, 1.82) is 0 Å². The third-order valence-corrected chi connectivity index (χ3v) is 4.19. The van der Waals surface area contributed by atoms with Crippen molar-refractivity contribution in [3.63, 3.8) is 0 Å². The van der Waals surface area contributed by atoms with Crippen molar-refractivity contribution in [2.24, 2.45) is 0 Å². The quantitative estimate of drug-likeness (QED) is 0.861. The standard InChI is InChI=1S/C19H20ClNO4/c1-4-24-18-8-12-7-11(2)25-17(12)10-15(18)21-19(22)14-9-13(20)5-6-16(14)23-3/h5-6,8-11H,4,7H2,1-3H3,(H,21,22)/t11-/m0/s1. The number of anilines is 1. The molecule has 2 aromatic rings. The monoisotopic (exact) mass is 361 g/mol. The number of nitrogens with one attached hydrogen (secondary N) is 1. The van der Waals surface area contributed by atoms with Gasteiger partial charge in [-0.15, -0.1) is 0 Å². The Morgan fingerprint density at radius 3 is 2.84 bits per heavy atom. The number of halogens is 1. The lowest BCUT2D eigenvalue weighted by atomic mass is 10.1. The second-order valence-corrected chi connectivity index (χ2v) is 6.26. The molecule has 0 saturated heterocycles. The van der Waals surface area contributed by atoms with Crippen LogP contribution in [0.15, 0.2) is 30.3 Å². The molecule has 1 heterocycles. The maximum absolute atomic E-state index is 12.7. The maximum atomic E-state index is 12.7. The molecular formula is C19H20ClNO4. The van der Waals surface area contributed by atoms with Crippen LogP contribution in [0.1, 0.15) is 29.8 Å². The first-order chi connectivity index (χ1) is 12.0. The van der Waals surface area contributed by atoms with E-state index >= 15 is 0 Å². The summed E-state index contributed by atoms with van der Waals surface area (Å²) in [5, 5.41) is 3.34. The number of carbonyl (C=O) groups excluding carboxylic acids is 1. The Labute approximate surface area is 151 Å². The summed E-state index contributed by atoms with van der Waals surface area (Å²) in [5.41, 5.74) is 1.99. The van der Waals surface area contributed by atoms with Gasteiger partial charge in [0, 0.05) is 23.1 Å². The van der Waals surface area contributed by atoms with Crippen molar-refractivity contribution in [3.8, 4) is 17.2 Å². The molecule has 1 aliphatic rings. The fourth-order valence-corrected chi connectivity index (χ4v) is 3.03. The van der Waals surface area contributed by atoms with Crippen molar-refractivity contribution in [2.75, 3.05) is 19.0 Å². The van der Waals surface area contributed by atoms with Crippen molar-refractivity contribution < 1.29 is 19.0 Å². The average Bonchev–Trinajstić information content (AvgIpc) is 2.94. The van der Waals surface area contributed by atoms with Crippen LogP contribution in [0.2, 0.25) is 5.02 Å². The molecule has 132 valence electrons. The topological polar surface area (TPSA) is 56.8 Å². The third-order valence-electron chi connectivity index (χ3n) is 3.95. The van der Waals surface area contributed by atoms with Gasteiger partial charge < -0.3 is 19.5 Å². The summed E-state index contributed by atoms with van der Waals surface area (Å²) in [4.78, 5) is 12.7. The van der Waals surface area contributed by atoms with E-state index in [0.717, 1.165) is 17.7 Å². The SMILES string of the molecule is CCOc1cc2c(cc1NC(=O)c1cc(Cl)ccc1OC)O[C@@H](C)C2. The Hall–Kier alpha value is -2.40. The molecule has 5 nitrogen and oxygen atoms in total. The van der Waals surface area contributed by atoms with Gasteiger partial charge in [-0.05, 0) is 38.1 Å². The highest BCUT2D eigenvalue weighted by molar-refractivity contribution is 6.31. The zero-order chi connectivity index (χ0) is 18.0. The molecule has 2 aromatic carbocycles. The molecule has 1 N–H and O–H groups in total. The van der Waals surface area contributed by atoms with Gasteiger partial charge in [-0.1, -0.05) is 11.6 Å². The van der Waals surface area contributed by atoms with Gasteiger partial charge in [0.1, 0.15) is 23.4 Å². The molecule has 0 aromatic heterocycles. The van der Waals surface area contributed by atoms with Crippen molar-refractivity contribution >= 4 is 23.2 Å². The van der Waals surface area contributed by atoms with Crippen molar-refractivity contribution in [3.05, 3.63) is 46.5 Å². The number of carbonyl (C=O) groups is 1. The molecule has 1 amide bonds. The van der Waals surface area contributed by atoms with Crippen LogP contribution >= 0.6 is 11.6 Å². The van der Waals surface area contributed by atoms with Gasteiger partial charge >= 0.3 is 0 Å². The number of methoxy groups -OCH3 is 1. The molecule has 0 spiro atoms. The molecule has 6 heteroatoms. The summed E-state index contributed by atoms with van der Waals surface area (Å²) in [5.74, 6) is 1.51. The smallest absolute Gasteiger partial charge is 0.259 e. The fraction of sp³-hybridized carbons (Fsp3) is 0.316. The molecule has 0 aliphatic carbocycles. The van der Waals surface area contributed by atoms with Crippen LogP contribution in [0.25, 0.3) is 0 Å². The summed E-state index contributed by atoms with van der Waals surface area (Å²) in [6.07, 6.45) is 0.939. The van der Waals surface area contributed by atoms with Crippen LogP contribution in [-0.4, -0.2) is 25.7 Å². The van der Waals surface area contributed by atoms with E-state index in [1.807, 2.05) is 19.9 Å². The number of fused-ring (bicyclic) bond motifs is 1. The van der Waals surface area contributed by atoms with Gasteiger partial charge in [0.05, 0.1) is 25.0 Å². The highest BCUT2D eigenvalue weighted by atomic mass is 35.5. The van der Waals surface area contributed by atoms with Gasteiger partial charge in [-0.25, -0.2) is 0 Å².